The van der Waals surface area contributed by atoms with Gasteiger partial charge in [-0.25, -0.2) is 4.39 Å². The smallest absolute Gasteiger partial charge is 0.294 e. The number of halogens is 2. The van der Waals surface area contributed by atoms with E-state index in [-0.39, 0.29) is 5.76 Å². The Balaban J connectivity index is 1.87. The van der Waals surface area contributed by atoms with Crippen LogP contribution >= 0.6 is 15.9 Å². The second-order valence-corrected chi connectivity index (χ2v) is 7.51. The first-order valence-corrected chi connectivity index (χ1v) is 9.71. The van der Waals surface area contributed by atoms with Gasteiger partial charge in [-0.3, -0.25) is 9.69 Å². The number of ether oxygens (including phenoxy) is 1. The Morgan fingerprint density at radius 3 is 2.17 bits per heavy atom. The second kappa shape index (κ2) is 7.72. The van der Waals surface area contributed by atoms with Gasteiger partial charge in [0.15, 0.2) is 5.76 Å². The zero-order valence-electron chi connectivity index (χ0n) is 15.5. The molecule has 29 heavy (non-hydrogen) atoms. The molecule has 1 amide bonds. The van der Waals surface area contributed by atoms with E-state index in [1.165, 1.54) is 29.2 Å². The quantitative estimate of drug-likeness (QED) is 0.554. The number of anilines is 1. The summed E-state index contributed by atoms with van der Waals surface area (Å²) in [5.41, 5.74) is 2.51. The summed E-state index contributed by atoms with van der Waals surface area (Å²) in [6, 6.07) is 19.8. The molecule has 0 unspecified atom stereocenters. The molecule has 1 atom stereocenters. The SMILES string of the molecule is COc1ccc(C2=C(O)C(=O)N(c3ccc(F)cc3)[C@@H]2c2ccc(Br)cc2)cc1. The van der Waals surface area contributed by atoms with E-state index in [4.69, 9.17) is 4.74 Å². The van der Waals surface area contributed by atoms with Crippen molar-refractivity contribution in [3.63, 3.8) is 0 Å². The molecule has 0 spiro atoms. The Kier molecular flexibility index (Phi) is 5.11. The lowest BCUT2D eigenvalue weighted by Crippen LogP contribution is -2.30. The fraction of sp³-hybridized carbons (Fsp3) is 0.0870. The molecule has 0 saturated carbocycles. The van der Waals surface area contributed by atoms with E-state index in [0.29, 0.717) is 22.6 Å². The molecule has 0 radical (unpaired) electrons. The summed E-state index contributed by atoms with van der Waals surface area (Å²) in [5, 5.41) is 10.8. The fourth-order valence-electron chi connectivity index (χ4n) is 3.50. The molecule has 1 aliphatic heterocycles. The predicted octanol–water partition coefficient (Wildman–Crippen LogP) is 5.65. The van der Waals surface area contributed by atoms with E-state index >= 15 is 0 Å². The van der Waals surface area contributed by atoms with Crippen molar-refractivity contribution in [1.29, 1.82) is 0 Å². The predicted molar refractivity (Wildman–Crippen MR) is 113 cm³/mol. The first-order valence-electron chi connectivity index (χ1n) is 8.91. The first-order chi connectivity index (χ1) is 14.0. The van der Waals surface area contributed by atoms with Crippen molar-refractivity contribution in [3.8, 4) is 5.75 Å². The van der Waals surface area contributed by atoms with E-state index in [1.807, 2.05) is 24.3 Å². The summed E-state index contributed by atoms with van der Waals surface area (Å²) in [6.45, 7) is 0. The molecule has 0 fully saturated rings. The maximum absolute atomic E-state index is 13.4. The largest absolute Gasteiger partial charge is 0.503 e. The molecule has 4 rings (SSSR count). The number of hydrogen-bond acceptors (Lipinski definition) is 3. The monoisotopic (exact) mass is 453 g/mol. The van der Waals surface area contributed by atoms with Crippen molar-refractivity contribution in [3.05, 3.63) is 100.0 Å². The van der Waals surface area contributed by atoms with Gasteiger partial charge in [0.2, 0.25) is 0 Å². The van der Waals surface area contributed by atoms with Crippen molar-refractivity contribution in [2.24, 2.45) is 0 Å². The Morgan fingerprint density at radius 1 is 0.966 bits per heavy atom. The zero-order valence-corrected chi connectivity index (χ0v) is 17.1. The summed E-state index contributed by atoms with van der Waals surface area (Å²) in [6.07, 6.45) is 0. The second-order valence-electron chi connectivity index (χ2n) is 6.60. The van der Waals surface area contributed by atoms with Crippen LogP contribution in [0.1, 0.15) is 17.2 Å². The third kappa shape index (κ3) is 3.51. The van der Waals surface area contributed by atoms with Gasteiger partial charge in [-0.1, -0.05) is 40.2 Å². The van der Waals surface area contributed by atoms with Crippen LogP contribution in [0.25, 0.3) is 5.57 Å². The topological polar surface area (TPSA) is 49.8 Å². The van der Waals surface area contributed by atoms with Crippen LogP contribution in [0, 0.1) is 5.82 Å². The van der Waals surface area contributed by atoms with E-state index < -0.39 is 17.8 Å². The van der Waals surface area contributed by atoms with Crippen LogP contribution in [0.2, 0.25) is 0 Å². The fourth-order valence-corrected chi connectivity index (χ4v) is 3.76. The van der Waals surface area contributed by atoms with Crippen molar-refractivity contribution >= 4 is 33.1 Å². The number of carbonyl (C=O) groups is 1. The summed E-state index contributed by atoms with van der Waals surface area (Å²) in [5.74, 6) is -0.579. The molecule has 0 aromatic heterocycles. The van der Waals surface area contributed by atoms with Crippen molar-refractivity contribution < 1.29 is 19.0 Å². The summed E-state index contributed by atoms with van der Waals surface area (Å²) in [7, 11) is 1.58. The number of nitrogens with zero attached hydrogens (tertiary/aromatic N) is 1. The van der Waals surface area contributed by atoms with Crippen molar-refractivity contribution in [2.45, 2.75) is 6.04 Å². The van der Waals surface area contributed by atoms with Crippen LogP contribution in [0.3, 0.4) is 0 Å². The van der Waals surface area contributed by atoms with Crippen molar-refractivity contribution in [1.82, 2.24) is 0 Å². The van der Waals surface area contributed by atoms with E-state index in [9.17, 15) is 14.3 Å². The molecular weight excluding hydrogens is 437 g/mol. The Hall–Kier alpha value is -3.12. The third-order valence-electron chi connectivity index (χ3n) is 4.90. The maximum Gasteiger partial charge on any atom is 0.294 e. The molecule has 0 aliphatic carbocycles. The van der Waals surface area contributed by atoms with Gasteiger partial charge in [0.1, 0.15) is 11.6 Å². The molecule has 6 heteroatoms. The Morgan fingerprint density at radius 2 is 1.59 bits per heavy atom. The van der Waals surface area contributed by atoms with Gasteiger partial charge in [0.05, 0.1) is 13.2 Å². The lowest BCUT2D eigenvalue weighted by Gasteiger charge is -2.27. The van der Waals surface area contributed by atoms with Gasteiger partial charge >= 0.3 is 0 Å². The number of hydrogen-bond donors (Lipinski definition) is 1. The standard InChI is InChI=1S/C23H17BrFNO3/c1-29-19-12-4-14(5-13-19)20-21(15-2-6-16(24)7-3-15)26(23(28)22(20)27)18-10-8-17(25)9-11-18/h2-13,21,27H,1H3/t21-/m1/s1. The average Bonchev–Trinajstić information content (AvgIpc) is 3.00. The zero-order chi connectivity index (χ0) is 20.5. The molecule has 1 N–H and O–H groups in total. The number of aliphatic hydroxyl groups excluding tert-OH is 1. The first kappa shape index (κ1) is 19.2. The number of carbonyl (C=O) groups excluding carboxylic acids is 1. The summed E-state index contributed by atoms with van der Waals surface area (Å²) >= 11 is 3.42. The molecule has 1 heterocycles. The van der Waals surface area contributed by atoms with Crippen LogP contribution in [0.15, 0.2) is 83.0 Å². The van der Waals surface area contributed by atoms with E-state index in [0.717, 1.165) is 10.0 Å². The summed E-state index contributed by atoms with van der Waals surface area (Å²) < 4.78 is 19.6. The highest BCUT2D eigenvalue weighted by Gasteiger charge is 2.41. The van der Waals surface area contributed by atoms with Gasteiger partial charge in [-0.2, -0.15) is 0 Å². The highest BCUT2D eigenvalue weighted by Crippen LogP contribution is 2.45. The highest BCUT2D eigenvalue weighted by molar-refractivity contribution is 9.10. The van der Waals surface area contributed by atoms with Crippen LogP contribution in [-0.4, -0.2) is 18.1 Å². The molecule has 0 saturated heterocycles. The van der Waals surface area contributed by atoms with Gasteiger partial charge in [0.25, 0.3) is 5.91 Å². The number of rotatable bonds is 4. The van der Waals surface area contributed by atoms with Gasteiger partial charge in [-0.05, 0) is 59.7 Å². The number of aliphatic hydroxyl groups is 1. The molecule has 0 bridgehead atoms. The molecule has 3 aromatic carbocycles. The minimum absolute atomic E-state index is 0.326. The minimum atomic E-state index is -0.561. The lowest BCUT2D eigenvalue weighted by molar-refractivity contribution is -0.117. The van der Waals surface area contributed by atoms with Gasteiger partial charge in [-0.15, -0.1) is 0 Å². The Labute approximate surface area is 176 Å². The minimum Gasteiger partial charge on any atom is -0.503 e. The molecule has 146 valence electrons. The summed E-state index contributed by atoms with van der Waals surface area (Å²) in [4.78, 5) is 14.5. The molecule has 1 aliphatic rings. The average molecular weight is 454 g/mol. The lowest BCUT2D eigenvalue weighted by atomic mass is 9.93. The van der Waals surface area contributed by atoms with Crippen LogP contribution in [0.4, 0.5) is 10.1 Å². The number of benzene rings is 3. The van der Waals surface area contributed by atoms with E-state index in [2.05, 4.69) is 15.9 Å². The highest BCUT2D eigenvalue weighted by atomic mass is 79.9. The van der Waals surface area contributed by atoms with Crippen LogP contribution < -0.4 is 9.64 Å². The normalized spacial score (nSPS) is 16.4. The van der Waals surface area contributed by atoms with Gasteiger partial charge in [0, 0.05) is 15.7 Å². The molecular formula is C23H17BrFNO3. The number of methoxy groups -OCH3 is 1. The van der Waals surface area contributed by atoms with Crippen molar-refractivity contribution in [2.75, 3.05) is 12.0 Å². The third-order valence-corrected chi connectivity index (χ3v) is 5.43. The number of amides is 1. The Bertz CT molecular complexity index is 1080. The van der Waals surface area contributed by atoms with Gasteiger partial charge < -0.3 is 9.84 Å². The maximum atomic E-state index is 13.4. The van der Waals surface area contributed by atoms with Crippen LogP contribution in [0.5, 0.6) is 5.75 Å². The molecule has 4 nitrogen and oxygen atoms in total. The van der Waals surface area contributed by atoms with Crippen LogP contribution in [-0.2, 0) is 4.79 Å². The molecule has 3 aromatic rings. The van der Waals surface area contributed by atoms with E-state index in [1.54, 1.807) is 31.4 Å².